The van der Waals surface area contributed by atoms with Crippen LogP contribution in [0.5, 0.6) is 0 Å². The van der Waals surface area contributed by atoms with E-state index in [2.05, 4.69) is 13.8 Å². The number of aliphatic hydroxyl groups is 2. The lowest BCUT2D eigenvalue weighted by molar-refractivity contribution is -0.0620. The number of rotatable bonds is 24. The first kappa shape index (κ1) is 34.7. The summed E-state index contributed by atoms with van der Waals surface area (Å²) in [7, 11) is 0. The molecule has 37 heavy (non-hydrogen) atoms. The lowest BCUT2D eigenvalue weighted by Crippen LogP contribution is -2.43. The summed E-state index contributed by atoms with van der Waals surface area (Å²) in [6, 6.07) is 0. The summed E-state index contributed by atoms with van der Waals surface area (Å²) >= 11 is 10.8. The smallest absolute Gasteiger partial charge is 0.160 e. The van der Waals surface area contributed by atoms with Gasteiger partial charge in [-0.3, -0.25) is 0 Å². The minimum atomic E-state index is -0.932. The molecular formula is C30H56O5S2. The highest BCUT2D eigenvalue weighted by Crippen LogP contribution is 2.23. The van der Waals surface area contributed by atoms with Crippen molar-refractivity contribution in [1.29, 1.82) is 0 Å². The van der Waals surface area contributed by atoms with Crippen LogP contribution in [0.15, 0.2) is 0 Å². The van der Waals surface area contributed by atoms with Gasteiger partial charge in [-0.2, -0.15) is 0 Å². The second-order valence-electron chi connectivity index (χ2n) is 10.7. The highest BCUT2D eigenvalue weighted by atomic mass is 32.1. The molecule has 1 aliphatic heterocycles. The van der Waals surface area contributed by atoms with Gasteiger partial charge in [-0.1, -0.05) is 117 Å². The van der Waals surface area contributed by atoms with Crippen molar-refractivity contribution in [3.8, 4) is 0 Å². The molecule has 5 nitrogen and oxygen atoms in total. The topological polar surface area (TPSA) is 68.2 Å². The Kier molecular flexibility index (Phi) is 22.1. The number of ether oxygens (including phenoxy) is 3. The number of hydrogen-bond acceptors (Lipinski definition) is 7. The molecule has 0 bridgehead atoms. The van der Waals surface area contributed by atoms with E-state index in [1.165, 1.54) is 89.9 Å². The Morgan fingerprint density at radius 2 is 1.16 bits per heavy atom. The lowest BCUT2D eigenvalue weighted by Gasteiger charge is -2.26. The molecular weight excluding hydrogens is 504 g/mol. The molecule has 0 radical (unpaired) electrons. The lowest BCUT2D eigenvalue weighted by atomic mass is 10.1. The van der Waals surface area contributed by atoms with E-state index in [-0.39, 0.29) is 13.2 Å². The summed E-state index contributed by atoms with van der Waals surface area (Å²) in [4.78, 5) is 0. The van der Waals surface area contributed by atoms with Gasteiger partial charge in [0.1, 0.15) is 24.9 Å². The maximum Gasteiger partial charge on any atom is 0.160 e. The molecule has 0 aromatic carbocycles. The van der Waals surface area contributed by atoms with E-state index in [1.54, 1.807) is 0 Å². The molecule has 0 aliphatic carbocycles. The molecule has 1 rings (SSSR count). The Hall–Kier alpha value is -0.340. The van der Waals surface area contributed by atoms with Gasteiger partial charge in [0.15, 0.2) is 16.2 Å². The average molecular weight is 561 g/mol. The van der Waals surface area contributed by atoms with Crippen LogP contribution in [-0.4, -0.2) is 57.9 Å². The van der Waals surface area contributed by atoms with Crippen LogP contribution >= 0.6 is 24.4 Å². The van der Waals surface area contributed by atoms with Crippen molar-refractivity contribution in [2.75, 3.05) is 13.2 Å². The van der Waals surface area contributed by atoms with E-state index in [1.807, 2.05) is 0 Å². The van der Waals surface area contributed by atoms with E-state index in [4.69, 9.17) is 38.6 Å². The van der Waals surface area contributed by atoms with Crippen LogP contribution in [0.3, 0.4) is 0 Å². The molecule has 0 aromatic heterocycles. The quantitative estimate of drug-likeness (QED) is 0.0915. The van der Waals surface area contributed by atoms with Gasteiger partial charge < -0.3 is 24.4 Å². The Bertz CT molecular complexity index is 574. The van der Waals surface area contributed by atoms with Crippen LogP contribution < -0.4 is 0 Å². The molecule has 0 aromatic rings. The van der Waals surface area contributed by atoms with E-state index < -0.39 is 24.4 Å². The van der Waals surface area contributed by atoms with Crippen LogP contribution in [0.4, 0.5) is 0 Å². The molecule has 1 aliphatic rings. The van der Waals surface area contributed by atoms with Crippen LogP contribution in [-0.2, 0) is 14.2 Å². The van der Waals surface area contributed by atoms with Gasteiger partial charge in [0.05, 0.1) is 6.61 Å². The first-order chi connectivity index (χ1) is 18.0. The van der Waals surface area contributed by atoms with Crippen molar-refractivity contribution in [3.05, 3.63) is 0 Å². The Labute approximate surface area is 238 Å². The molecule has 2 N–H and O–H groups in total. The largest absolute Gasteiger partial charge is 0.484 e. The number of aliphatic hydroxyl groups excluding tert-OH is 2. The third-order valence-electron chi connectivity index (χ3n) is 7.19. The van der Waals surface area contributed by atoms with E-state index in [0.717, 1.165) is 32.1 Å². The predicted octanol–water partition coefficient (Wildman–Crippen LogP) is 8.01. The highest BCUT2D eigenvalue weighted by Gasteiger charge is 2.43. The molecule has 1 saturated heterocycles. The van der Waals surface area contributed by atoms with Crippen LogP contribution in [0.2, 0.25) is 0 Å². The molecule has 1 heterocycles. The highest BCUT2D eigenvalue weighted by molar-refractivity contribution is 7.80. The number of thiocarbonyl (C=S) groups is 2. The SMILES string of the molecule is CCCCCCCCCCCC(=S)OC[C@@H](O)[C@@H]1OC[C@H](O)[C@@H]1OC(=S)CCCCCCCCCCC. The van der Waals surface area contributed by atoms with Gasteiger partial charge >= 0.3 is 0 Å². The molecule has 0 saturated carbocycles. The minimum absolute atomic E-state index is 0.0402. The molecule has 218 valence electrons. The van der Waals surface area contributed by atoms with E-state index in [9.17, 15) is 10.2 Å². The molecule has 0 amide bonds. The number of hydrogen-bond donors (Lipinski definition) is 2. The molecule has 0 spiro atoms. The fraction of sp³-hybridized carbons (Fsp3) is 0.933. The Balaban J connectivity index is 2.15. The van der Waals surface area contributed by atoms with Crippen molar-refractivity contribution in [2.24, 2.45) is 0 Å². The van der Waals surface area contributed by atoms with Crippen molar-refractivity contribution < 1.29 is 24.4 Å². The zero-order valence-corrected chi connectivity index (χ0v) is 25.4. The van der Waals surface area contributed by atoms with Gasteiger partial charge in [-0.25, -0.2) is 0 Å². The van der Waals surface area contributed by atoms with Crippen molar-refractivity contribution in [1.82, 2.24) is 0 Å². The monoisotopic (exact) mass is 560 g/mol. The maximum absolute atomic E-state index is 10.6. The summed E-state index contributed by atoms with van der Waals surface area (Å²) in [6.45, 7) is 4.65. The zero-order chi connectivity index (χ0) is 27.1. The summed E-state index contributed by atoms with van der Waals surface area (Å²) in [5, 5.41) is 22.0. The summed E-state index contributed by atoms with van der Waals surface area (Å²) in [6.07, 6.45) is 21.0. The second kappa shape index (κ2) is 23.5. The molecule has 4 atom stereocenters. The van der Waals surface area contributed by atoms with Crippen LogP contribution in [0, 0.1) is 0 Å². The number of unbranched alkanes of at least 4 members (excludes halogenated alkanes) is 16. The normalized spacial score (nSPS) is 20.2. The fourth-order valence-electron chi connectivity index (χ4n) is 4.81. The summed E-state index contributed by atoms with van der Waals surface area (Å²) in [5.74, 6) is 0. The molecule has 7 heteroatoms. The van der Waals surface area contributed by atoms with E-state index in [0.29, 0.717) is 16.5 Å². The van der Waals surface area contributed by atoms with Gasteiger partial charge in [-0.05, 0) is 37.3 Å². The summed E-state index contributed by atoms with van der Waals surface area (Å²) < 4.78 is 17.1. The average Bonchev–Trinajstić information content (AvgIpc) is 3.25. The molecule has 0 unspecified atom stereocenters. The van der Waals surface area contributed by atoms with Gasteiger partial charge in [-0.15, -0.1) is 0 Å². The first-order valence-electron chi connectivity index (χ1n) is 15.3. The van der Waals surface area contributed by atoms with Crippen molar-refractivity contribution in [2.45, 2.75) is 167 Å². The fourth-order valence-corrected chi connectivity index (χ4v) is 5.28. The van der Waals surface area contributed by atoms with Crippen LogP contribution in [0.25, 0.3) is 0 Å². The second-order valence-corrected chi connectivity index (χ2v) is 11.6. The zero-order valence-electron chi connectivity index (χ0n) is 23.8. The third kappa shape index (κ3) is 17.8. The first-order valence-corrected chi connectivity index (χ1v) is 16.1. The Morgan fingerprint density at radius 1 is 0.730 bits per heavy atom. The van der Waals surface area contributed by atoms with Gasteiger partial charge in [0.25, 0.3) is 0 Å². The minimum Gasteiger partial charge on any atom is -0.484 e. The summed E-state index contributed by atoms with van der Waals surface area (Å²) in [5.41, 5.74) is 0. The van der Waals surface area contributed by atoms with Crippen LogP contribution in [0.1, 0.15) is 142 Å². The standard InChI is InChI=1S/C30H56O5S2/c1-3-5-7-9-11-13-15-17-19-21-27(36)33-23-25(31)29-30(26(32)24-34-29)35-28(37)22-20-18-16-14-12-10-8-6-4-2/h25-26,29-32H,3-24H2,1-2H3/t25-,26+,29+,30+/m1/s1. The van der Waals surface area contributed by atoms with Crippen molar-refractivity contribution >= 4 is 34.5 Å². The Morgan fingerprint density at radius 3 is 1.65 bits per heavy atom. The maximum atomic E-state index is 10.6. The van der Waals surface area contributed by atoms with E-state index >= 15 is 0 Å². The van der Waals surface area contributed by atoms with Gasteiger partial charge in [0.2, 0.25) is 0 Å². The van der Waals surface area contributed by atoms with Gasteiger partial charge in [0, 0.05) is 12.8 Å². The third-order valence-corrected chi connectivity index (χ3v) is 7.82. The predicted molar refractivity (Wildman–Crippen MR) is 161 cm³/mol. The van der Waals surface area contributed by atoms with Crippen molar-refractivity contribution in [3.63, 3.8) is 0 Å². The molecule has 1 fully saturated rings.